The van der Waals surface area contributed by atoms with Crippen LogP contribution in [0.2, 0.25) is 5.02 Å². The summed E-state index contributed by atoms with van der Waals surface area (Å²) in [7, 11) is 2.16. The number of H-pyrrole nitrogens is 1. The third-order valence-corrected chi connectivity index (χ3v) is 5.45. The third kappa shape index (κ3) is 3.24. The Morgan fingerprint density at radius 3 is 2.96 bits per heavy atom. The molecule has 130 valence electrons. The monoisotopic (exact) mass is 355 g/mol. The molecule has 2 aromatic carbocycles. The van der Waals surface area contributed by atoms with E-state index < -0.39 is 0 Å². The molecule has 1 aliphatic heterocycles. The lowest BCUT2D eigenvalue weighted by Crippen LogP contribution is -2.42. The van der Waals surface area contributed by atoms with Crippen molar-refractivity contribution in [3.8, 4) is 0 Å². The predicted octanol–water partition coefficient (Wildman–Crippen LogP) is 3.47. The molecule has 0 fully saturated rings. The van der Waals surface area contributed by atoms with Crippen molar-refractivity contribution in [1.82, 2.24) is 14.5 Å². The van der Waals surface area contributed by atoms with Crippen LogP contribution < -0.4 is 5.69 Å². The number of likely N-dealkylation sites (N-methyl/N-ethyl adjacent to an activating group) is 1. The van der Waals surface area contributed by atoms with E-state index in [-0.39, 0.29) is 5.69 Å². The van der Waals surface area contributed by atoms with Crippen molar-refractivity contribution in [3.05, 3.63) is 69.1 Å². The van der Waals surface area contributed by atoms with E-state index in [2.05, 4.69) is 29.1 Å². The number of aromatic amines is 1. The normalized spacial score (nSPS) is 16.7. The van der Waals surface area contributed by atoms with Gasteiger partial charge in [0.2, 0.25) is 0 Å². The molecule has 0 amide bonds. The summed E-state index contributed by atoms with van der Waals surface area (Å²) in [5, 5.41) is 0.797. The molecular formula is C20H22ClN3O. The summed E-state index contributed by atoms with van der Waals surface area (Å²) >= 11 is 6.05. The number of halogens is 1. The van der Waals surface area contributed by atoms with Crippen molar-refractivity contribution in [2.75, 3.05) is 13.6 Å². The fourth-order valence-corrected chi connectivity index (χ4v) is 4.08. The fourth-order valence-electron chi connectivity index (χ4n) is 3.87. The van der Waals surface area contributed by atoms with E-state index in [0.29, 0.717) is 6.04 Å². The number of aromatic nitrogens is 2. The largest absolute Gasteiger partial charge is 0.326 e. The Hall–Kier alpha value is -2.04. The lowest BCUT2D eigenvalue weighted by Gasteiger charge is -2.31. The first kappa shape index (κ1) is 16.4. The van der Waals surface area contributed by atoms with Crippen LogP contribution in [-0.2, 0) is 19.4 Å². The molecule has 4 nitrogen and oxygen atoms in total. The van der Waals surface area contributed by atoms with Gasteiger partial charge in [-0.05, 0) is 62.2 Å². The summed E-state index contributed by atoms with van der Waals surface area (Å²) in [5.41, 5.74) is 4.56. The van der Waals surface area contributed by atoms with Crippen molar-refractivity contribution >= 4 is 22.6 Å². The molecule has 0 saturated heterocycles. The van der Waals surface area contributed by atoms with Gasteiger partial charge in [0.15, 0.2) is 0 Å². The minimum atomic E-state index is -0.000484. The second-order valence-electron chi connectivity index (χ2n) is 6.93. The van der Waals surface area contributed by atoms with E-state index >= 15 is 0 Å². The van der Waals surface area contributed by atoms with Gasteiger partial charge < -0.3 is 9.88 Å². The summed E-state index contributed by atoms with van der Waals surface area (Å²) in [4.78, 5) is 17.6. The highest BCUT2D eigenvalue weighted by atomic mass is 35.5. The van der Waals surface area contributed by atoms with E-state index in [1.807, 2.05) is 34.9 Å². The SMILES string of the molecule is CN(CCCc1cccc(Cl)c1)[C@@H]1Cc2cccc3[nH]c(=O)n(c23)C1. The highest BCUT2D eigenvalue weighted by Crippen LogP contribution is 2.24. The Bertz CT molecular complexity index is 959. The number of nitrogens with one attached hydrogen (secondary N) is 1. The molecule has 1 atom stereocenters. The zero-order valence-electron chi connectivity index (χ0n) is 14.3. The van der Waals surface area contributed by atoms with Crippen LogP contribution in [0.4, 0.5) is 0 Å². The maximum atomic E-state index is 12.2. The van der Waals surface area contributed by atoms with E-state index in [1.165, 1.54) is 11.1 Å². The average molecular weight is 356 g/mol. The smallest absolute Gasteiger partial charge is 0.306 e. The first-order chi connectivity index (χ1) is 12.1. The van der Waals surface area contributed by atoms with Crippen molar-refractivity contribution in [1.29, 1.82) is 0 Å². The number of imidazole rings is 1. The molecule has 0 spiro atoms. The van der Waals surface area contributed by atoms with Crippen LogP contribution in [0.5, 0.6) is 0 Å². The molecule has 2 heterocycles. The number of hydrogen-bond donors (Lipinski definition) is 1. The highest BCUT2D eigenvalue weighted by molar-refractivity contribution is 6.30. The Morgan fingerprint density at radius 2 is 2.12 bits per heavy atom. The van der Waals surface area contributed by atoms with Crippen LogP contribution in [-0.4, -0.2) is 34.1 Å². The number of rotatable bonds is 5. The first-order valence-corrected chi connectivity index (χ1v) is 9.15. The van der Waals surface area contributed by atoms with Crippen LogP contribution in [0.25, 0.3) is 11.0 Å². The number of aryl methyl sites for hydroxylation is 1. The van der Waals surface area contributed by atoms with Gasteiger partial charge in [-0.15, -0.1) is 0 Å². The lowest BCUT2D eigenvalue weighted by atomic mass is 9.99. The summed E-state index contributed by atoms with van der Waals surface area (Å²) in [5.74, 6) is 0. The van der Waals surface area contributed by atoms with Gasteiger partial charge >= 0.3 is 5.69 Å². The minimum Gasteiger partial charge on any atom is -0.306 e. The topological polar surface area (TPSA) is 41.0 Å². The summed E-state index contributed by atoms with van der Waals surface area (Å²) < 4.78 is 1.90. The van der Waals surface area contributed by atoms with E-state index in [1.54, 1.807) is 0 Å². The molecule has 0 radical (unpaired) electrons. The molecule has 1 N–H and O–H groups in total. The molecule has 0 unspecified atom stereocenters. The number of hydrogen-bond acceptors (Lipinski definition) is 2. The summed E-state index contributed by atoms with van der Waals surface area (Å²) in [6.45, 7) is 1.76. The summed E-state index contributed by atoms with van der Waals surface area (Å²) in [6, 6.07) is 14.6. The van der Waals surface area contributed by atoms with Gasteiger partial charge in [0.1, 0.15) is 0 Å². The molecule has 0 aliphatic carbocycles. The van der Waals surface area contributed by atoms with Gasteiger partial charge in [-0.25, -0.2) is 4.79 Å². The molecule has 0 saturated carbocycles. The van der Waals surface area contributed by atoms with Gasteiger partial charge in [-0.1, -0.05) is 35.9 Å². The number of benzene rings is 2. The lowest BCUT2D eigenvalue weighted by molar-refractivity contribution is 0.211. The Kier molecular flexibility index (Phi) is 4.40. The number of para-hydroxylation sites is 1. The second kappa shape index (κ2) is 6.70. The molecular weight excluding hydrogens is 334 g/mol. The minimum absolute atomic E-state index is 0.000484. The molecule has 1 aromatic heterocycles. The van der Waals surface area contributed by atoms with Gasteiger partial charge in [-0.3, -0.25) is 4.57 Å². The molecule has 5 heteroatoms. The standard InChI is InChI=1S/C20H22ClN3O/c1-23(10-4-6-14-5-2-8-16(21)11-14)17-12-15-7-3-9-18-19(15)24(13-17)20(25)22-18/h2-3,5,7-9,11,17H,4,6,10,12-13H2,1H3,(H,22,25)/t17-/m1/s1. The molecule has 4 rings (SSSR count). The molecule has 1 aliphatic rings. The van der Waals surface area contributed by atoms with Gasteiger partial charge in [0.05, 0.1) is 11.0 Å². The van der Waals surface area contributed by atoms with E-state index in [4.69, 9.17) is 11.6 Å². The van der Waals surface area contributed by atoms with Crippen LogP contribution in [0, 0.1) is 0 Å². The zero-order valence-corrected chi connectivity index (χ0v) is 15.1. The predicted molar refractivity (Wildman–Crippen MR) is 102 cm³/mol. The Labute approximate surface area is 152 Å². The van der Waals surface area contributed by atoms with Gasteiger partial charge in [-0.2, -0.15) is 0 Å². The second-order valence-corrected chi connectivity index (χ2v) is 7.36. The zero-order chi connectivity index (χ0) is 17.4. The molecule has 3 aromatic rings. The van der Waals surface area contributed by atoms with Crippen molar-refractivity contribution < 1.29 is 0 Å². The van der Waals surface area contributed by atoms with Gasteiger partial charge in [0, 0.05) is 17.6 Å². The maximum absolute atomic E-state index is 12.2. The van der Waals surface area contributed by atoms with Crippen molar-refractivity contribution in [2.24, 2.45) is 0 Å². The van der Waals surface area contributed by atoms with Crippen molar-refractivity contribution in [2.45, 2.75) is 31.8 Å². The Morgan fingerprint density at radius 1 is 1.28 bits per heavy atom. The first-order valence-electron chi connectivity index (χ1n) is 8.77. The molecule has 0 bridgehead atoms. The Balaban J connectivity index is 1.43. The average Bonchev–Trinajstić information content (AvgIpc) is 2.92. The van der Waals surface area contributed by atoms with Crippen molar-refractivity contribution in [3.63, 3.8) is 0 Å². The van der Waals surface area contributed by atoms with E-state index in [0.717, 1.165) is 48.4 Å². The number of nitrogens with zero attached hydrogens (tertiary/aromatic N) is 2. The molecule has 25 heavy (non-hydrogen) atoms. The van der Waals surface area contributed by atoms with E-state index in [9.17, 15) is 4.79 Å². The third-order valence-electron chi connectivity index (χ3n) is 5.21. The van der Waals surface area contributed by atoms with Crippen LogP contribution in [0.3, 0.4) is 0 Å². The van der Waals surface area contributed by atoms with Crippen LogP contribution >= 0.6 is 11.6 Å². The summed E-state index contributed by atoms with van der Waals surface area (Å²) in [6.07, 6.45) is 3.08. The fraction of sp³-hybridized carbons (Fsp3) is 0.350. The quantitative estimate of drug-likeness (QED) is 0.761. The van der Waals surface area contributed by atoms with Gasteiger partial charge in [0.25, 0.3) is 0 Å². The highest BCUT2D eigenvalue weighted by Gasteiger charge is 2.25. The maximum Gasteiger partial charge on any atom is 0.326 e. The van der Waals surface area contributed by atoms with Crippen LogP contribution in [0.15, 0.2) is 47.3 Å². The van der Waals surface area contributed by atoms with Crippen LogP contribution in [0.1, 0.15) is 17.5 Å².